The third-order valence-electron chi connectivity index (χ3n) is 7.33. The molecule has 4 N–H and O–H groups in total. The summed E-state index contributed by atoms with van der Waals surface area (Å²) in [7, 11) is 1.61. The summed E-state index contributed by atoms with van der Waals surface area (Å²) in [5.74, 6) is -1.96. The van der Waals surface area contributed by atoms with Crippen LogP contribution in [-0.4, -0.2) is 48.1 Å². The molecule has 15 heteroatoms. The first-order valence-electron chi connectivity index (χ1n) is 14.3. The predicted molar refractivity (Wildman–Crippen MR) is 176 cm³/mol. The molecule has 5 aromatic rings. The lowest BCUT2D eigenvalue weighted by Crippen LogP contribution is -2.27. The summed E-state index contributed by atoms with van der Waals surface area (Å²) in [6, 6.07) is 14.6. The van der Waals surface area contributed by atoms with Crippen molar-refractivity contribution in [1.29, 1.82) is 0 Å². The minimum atomic E-state index is -4.69. The number of carbonyl (C=O) groups is 1. The number of anilines is 2. The zero-order chi connectivity index (χ0) is 34.7. The van der Waals surface area contributed by atoms with Gasteiger partial charge in [-0.15, -0.1) is 0 Å². The average molecular weight is 677 g/mol. The van der Waals surface area contributed by atoms with E-state index in [1.807, 2.05) is 0 Å². The molecule has 1 amide bonds. The minimum Gasteiger partial charge on any atom is -0.383 e. The Morgan fingerprint density at radius 1 is 0.958 bits per heavy atom. The maximum Gasteiger partial charge on any atom is 0.399 e. The van der Waals surface area contributed by atoms with Crippen LogP contribution in [0, 0.1) is 6.92 Å². The molecule has 3 heterocycles. The van der Waals surface area contributed by atoms with Crippen molar-refractivity contribution in [2.24, 2.45) is 0 Å². The van der Waals surface area contributed by atoms with Crippen molar-refractivity contribution in [2.75, 3.05) is 18.5 Å². The number of nitrogens with two attached hydrogens (primary N) is 2. The highest BCUT2D eigenvalue weighted by Gasteiger charge is 2.39. The van der Waals surface area contributed by atoms with Crippen LogP contribution >= 0.6 is 11.6 Å². The third kappa shape index (κ3) is 7.61. The number of nitrogen functional groups attached to an aromatic ring is 2. The van der Waals surface area contributed by atoms with Crippen molar-refractivity contribution in [3.8, 4) is 11.5 Å². The van der Waals surface area contributed by atoms with Gasteiger partial charge in [0.1, 0.15) is 17.5 Å². The molecule has 0 aliphatic carbocycles. The van der Waals surface area contributed by atoms with E-state index in [4.69, 9.17) is 23.1 Å². The SMILES string of the molecule is Cc1cc(/C=C/C(c2cc(Cl)cc(-n3ccc(N)nc3=O)c2)C(F)(F)F)ccc1C(=O)N(C)Cc1ccc(-n2ccc(N)nc2=O)nc1. The minimum absolute atomic E-state index is 0.00183. The number of alkyl halides is 3. The molecular weight excluding hydrogens is 649 g/mol. The Kier molecular flexibility index (Phi) is 9.47. The maximum atomic E-state index is 14.3. The first kappa shape index (κ1) is 33.6. The predicted octanol–water partition coefficient (Wildman–Crippen LogP) is 4.93. The van der Waals surface area contributed by atoms with Gasteiger partial charge in [0.25, 0.3) is 5.91 Å². The highest BCUT2D eigenvalue weighted by atomic mass is 35.5. The smallest absolute Gasteiger partial charge is 0.383 e. The van der Waals surface area contributed by atoms with Gasteiger partial charge in [0.2, 0.25) is 0 Å². The first-order valence-corrected chi connectivity index (χ1v) is 14.6. The lowest BCUT2D eigenvalue weighted by atomic mass is 9.95. The van der Waals surface area contributed by atoms with Crippen LogP contribution in [0.15, 0.2) is 94.9 Å². The number of benzene rings is 2. The van der Waals surface area contributed by atoms with Crippen LogP contribution in [0.1, 0.15) is 38.5 Å². The molecule has 3 aromatic heterocycles. The molecular formula is C33H28ClF3N8O3. The van der Waals surface area contributed by atoms with E-state index in [1.54, 1.807) is 44.3 Å². The van der Waals surface area contributed by atoms with E-state index in [9.17, 15) is 27.6 Å². The largest absolute Gasteiger partial charge is 0.399 e. The Morgan fingerprint density at radius 2 is 1.62 bits per heavy atom. The van der Waals surface area contributed by atoms with Gasteiger partial charge in [-0.25, -0.2) is 14.6 Å². The van der Waals surface area contributed by atoms with Gasteiger partial charge in [0, 0.05) is 42.8 Å². The molecule has 1 unspecified atom stereocenters. The van der Waals surface area contributed by atoms with Crippen molar-refractivity contribution in [2.45, 2.75) is 25.6 Å². The molecule has 1 atom stereocenters. The molecule has 11 nitrogen and oxygen atoms in total. The number of aryl methyl sites for hydroxylation is 1. The van der Waals surface area contributed by atoms with E-state index in [2.05, 4.69) is 15.0 Å². The molecule has 0 fully saturated rings. The second kappa shape index (κ2) is 13.5. The quantitative estimate of drug-likeness (QED) is 0.234. The Morgan fingerprint density at radius 3 is 2.21 bits per heavy atom. The van der Waals surface area contributed by atoms with Crippen molar-refractivity contribution >= 4 is 35.2 Å². The fourth-order valence-electron chi connectivity index (χ4n) is 4.97. The number of aromatic nitrogens is 5. The number of hydrogen-bond acceptors (Lipinski definition) is 8. The molecule has 0 aliphatic rings. The fraction of sp³-hybridized carbons (Fsp3) is 0.152. The van der Waals surface area contributed by atoms with E-state index < -0.39 is 23.5 Å². The zero-order valence-electron chi connectivity index (χ0n) is 25.5. The fourth-order valence-corrected chi connectivity index (χ4v) is 5.21. The second-order valence-electron chi connectivity index (χ2n) is 10.9. The summed E-state index contributed by atoms with van der Waals surface area (Å²) in [6.07, 6.45) is 1.92. The van der Waals surface area contributed by atoms with Crippen LogP contribution in [0.4, 0.5) is 24.8 Å². The summed E-state index contributed by atoms with van der Waals surface area (Å²) < 4.78 is 45.2. The van der Waals surface area contributed by atoms with E-state index in [0.717, 1.165) is 10.6 Å². The van der Waals surface area contributed by atoms with Crippen molar-refractivity contribution in [1.82, 2.24) is 29.0 Å². The Balaban J connectivity index is 1.33. The van der Waals surface area contributed by atoms with Crippen LogP contribution in [-0.2, 0) is 6.54 Å². The van der Waals surface area contributed by atoms with Crippen molar-refractivity contribution in [3.05, 3.63) is 139 Å². The summed E-state index contributed by atoms with van der Waals surface area (Å²) >= 11 is 6.17. The molecule has 0 radical (unpaired) electrons. The van der Waals surface area contributed by atoms with Gasteiger partial charge in [-0.1, -0.05) is 42.0 Å². The lowest BCUT2D eigenvalue weighted by molar-refractivity contribution is -0.139. The number of carbonyl (C=O) groups excluding carboxylic acids is 1. The summed E-state index contributed by atoms with van der Waals surface area (Å²) in [4.78, 5) is 50.7. The number of allylic oxidation sites excluding steroid dienone is 1. The summed E-state index contributed by atoms with van der Waals surface area (Å²) in [6.45, 7) is 1.89. The summed E-state index contributed by atoms with van der Waals surface area (Å²) in [5, 5.41) is -0.00183. The average Bonchev–Trinajstić information content (AvgIpc) is 3.00. The number of pyridine rings is 1. The van der Waals surface area contributed by atoms with E-state index in [-0.39, 0.29) is 40.4 Å². The van der Waals surface area contributed by atoms with Crippen molar-refractivity contribution < 1.29 is 18.0 Å². The number of nitrogens with zero attached hydrogens (tertiary/aromatic N) is 6. The number of halogens is 4. The number of hydrogen-bond donors (Lipinski definition) is 2. The van der Waals surface area contributed by atoms with E-state index in [0.29, 0.717) is 28.1 Å². The van der Waals surface area contributed by atoms with E-state index in [1.165, 1.54) is 64.5 Å². The van der Waals surface area contributed by atoms with Gasteiger partial charge in [0.15, 0.2) is 0 Å². The summed E-state index contributed by atoms with van der Waals surface area (Å²) in [5.41, 5.74) is 11.7. The van der Waals surface area contributed by atoms with Crippen LogP contribution in [0.3, 0.4) is 0 Å². The van der Waals surface area contributed by atoms with Gasteiger partial charge < -0.3 is 16.4 Å². The molecule has 0 bridgehead atoms. The topological polar surface area (TPSA) is 155 Å². The van der Waals surface area contributed by atoms with Crippen molar-refractivity contribution in [3.63, 3.8) is 0 Å². The molecule has 0 saturated carbocycles. The van der Waals surface area contributed by atoms with Crippen LogP contribution < -0.4 is 22.8 Å². The van der Waals surface area contributed by atoms with Gasteiger partial charge in [0.05, 0.1) is 11.6 Å². The molecule has 5 rings (SSSR count). The molecule has 2 aromatic carbocycles. The Labute approximate surface area is 276 Å². The van der Waals surface area contributed by atoms with Gasteiger partial charge in [-0.3, -0.25) is 13.9 Å². The van der Waals surface area contributed by atoms with E-state index >= 15 is 0 Å². The first-order chi connectivity index (χ1) is 22.7. The molecule has 0 saturated heterocycles. The normalized spacial score (nSPS) is 12.3. The number of amides is 1. The third-order valence-corrected chi connectivity index (χ3v) is 7.55. The standard InChI is InChI=1S/C33H28ClF3N8O3/c1-19-13-20(4-7-26(33(35,36)37)22-14-23(34)16-24(15-22)44-11-9-27(38)41-31(44)47)3-6-25(19)30(46)43(2)18-21-5-8-29(40-17-21)45-12-10-28(39)42-32(45)48/h3-17,26H,18H2,1-2H3,(H2,38,41,47)(H2,39,42,48)/b7-4+. The number of rotatable bonds is 8. The van der Waals surface area contributed by atoms with Crippen LogP contribution in [0.5, 0.6) is 0 Å². The molecule has 0 spiro atoms. The van der Waals surface area contributed by atoms with Crippen LogP contribution in [0.2, 0.25) is 5.02 Å². The second-order valence-corrected chi connectivity index (χ2v) is 11.3. The Hall–Kier alpha value is -5.76. The highest BCUT2D eigenvalue weighted by Crippen LogP contribution is 2.38. The van der Waals surface area contributed by atoms with Gasteiger partial charge >= 0.3 is 17.6 Å². The van der Waals surface area contributed by atoms with Gasteiger partial charge in [-0.05, 0) is 71.6 Å². The Bertz CT molecular complexity index is 2150. The molecule has 246 valence electrons. The monoisotopic (exact) mass is 676 g/mol. The maximum absolute atomic E-state index is 14.3. The van der Waals surface area contributed by atoms with Gasteiger partial charge in [-0.2, -0.15) is 23.1 Å². The highest BCUT2D eigenvalue weighted by molar-refractivity contribution is 6.30. The lowest BCUT2D eigenvalue weighted by Gasteiger charge is -2.20. The zero-order valence-corrected chi connectivity index (χ0v) is 26.3. The van der Waals surface area contributed by atoms with Crippen LogP contribution in [0.25, 0.3) is 17.6 Å². The molecule has 0 aliphatic heterocycles. The molecule has 48 heavy (non-hydrogen) atoms.